The second-order valence-corrected chi connectivity index (χ2v) is 7.91. The largest absolute Gasteiger partial charge is 0.330 e. The van der Waals surface area contributed by atoms with Gasteiger partial charge in [0.25, 0.3) is 0 Å². The topological polar surface area (TPSA) is 50.2 Å². The molecule has 3 aromatic rings. The summed E-state index contributed by atoms with van der Waals surface area (Å²) in [5, 5.41) is 3.18. The summed E-state index contributed by atoms with van der Waals surface area (Å²) in [5.74, 6) is 1.20. The maximum absolute atomic E-state index is 12.9. The lowest BCUT2D eigenvalue weighted by Crippen LogP contribution is -2.40. The van der Waals surface area contributed by atoms with E-state index in [1.807, 2.05) is 44.2 Å². The first-order chi connectivity index (χ1) is 13.5. The molecule has 2 aromatic carbocycles. The number of nitrogens with one attached hydrogen (secondary N) is 1. The summed E-state index contributed by atoms with van der Waals surface area (Å²) in [6.45, 7) is 6.65. The number of hydrogen-bond acceptors (Lipinski definition) is 3. The maximum Gasteiger partial charge on any atom is 0.228 e. The smallest absolute Gasteiger partial charge is 0.228 e. The van der Waals surface area contributed by atoms with Gasteiger partial charge in [-0.05, 0) is 56.5 Å². The van der Waals surface area contributed by atoms with Crippen LogP contribution in [0.4, 0.5) is 5.69 Å². The van der Waals surface area contributed by atoms with Crippen LogP contribution in [0, 0.1) is 19.8 Å². The summed E-state index contributed by atoms with van der Waals surface area (Å²) in [6, 6.07) is 14.3. The zero-order valence-electron chi connectivity index (χ0n) is 16.9. The van der Waals surface area contributed by atoms with Gasteiger partial charge in [-0.3, -0.25) is 9.69 Å². The fraction of sp³-hybridized carbons (Fsp3) is 0.391. The average Bonchev–Trinajstić information content (AvgIpc) is 3.01. The third kappa shape index (κ3) is 3.67. The fourth-order valence-corrected chi connectivity index (χ4v) is 4.19. The van der Waals surface area contributed by atoms with Gasteiger partial charge < -0.3 is 9.88 Å². The summed E-state index contributed by atoms with van der Waals surface area (Å²) in [7, 11) is 2.07. The summed E-state index contributed by atoms with van der Waals surface area (Å²) in [6.07, 6.45) is 1.98. The second kappa shape index (κ2) is 7.76. The van der Waals surface area contributed by atoms with Gasteiger partial charge in [0.2, 0.25) is 5.91 Å². The van der Waals surface area contributed by atoms with Crippen LogP contribution in [0.25, 0.3) is 11.0 Å². The fourth-order valence-electron chi connectivity index (χ4n) is 4.19. The predicted molar refractivity (Wildman–Crippen MR) is 113 cm³/mol. The minimum Gasteiger partial charge on any atom is -0.330 e. The Morgan fingerprint density at radius 2 is 1.89 bits per heavy atom. The molecule has 0 unspecified atom stereocenters. The summed E-state index contributed by atoms with van der Waals surface area (Å²) >= 11 is 0. The molecule has 28 heavy (non-hydrogen) atoms. The van der Waals surface area contributed by atoms with Crippen LogP contribution in [0.5, 0.6) is 0 Å². The van der Waals surface area contributed by atoms with E-state index in [1.165, 1.54) is 0 Å². The average molecular weight is 377 g/mol. The molecular weight excluding hydrogens is 348 g/mol. The number of hydrogen-bond donors (Lipinski definition) is 1. The van der Waals surface area contributed by atoms with Crippen molar-refractivity contribution in [3.63, 3.8) is 0 Å². The molecule has 0 aliphatic carbocycles. The van der Waals surface area contributed by atoms with Crippen molar-refractivity contribution in [2.75, 3.05) is 18.4 Å². The molecule has 5 heteroatoms. The van der Waals surface area contributed by atoms with Crippen molar-refractivity contribution >= 4 is 22.6 Å². The van der Waals surface area contributed by atoms with Gasteiger partial charge in [-0.2, -0.15) is 0 Å². The normalized spacial score (nSPS) is 17.8. The van der Waals surface area contributed by atoms with Gasteiger partial charge in [0.1, 0.15) is 5.82 Å². The first-order valence-electron chi connectivity index (χ1n) is 10.0. The van der Waals surface area contributed by atoms with E-state index in [1.54, 1.807) is 0 Å². The number of fused-ring (bicyclic) bond motifs is 1. The van der Waals surface area contributed by atoms with Crippen LogP contribution < -0.4 is 5.32 Å². The monoisotopic (exact) mass is 376 g/mol. The van der Waals surface area contributed by atoms with Gasteiger partial charge in [0.05, 0.1) is 23.5 Å². The Kier molecular flexibility index (Phi) is 5.18. The molecule has 1 fully saturated rings. The van der Waals surface area contributed by atoms with Crippen molar-refractivity contribution in [2.45, 2.75) is 33.2 Å². The molecule has 0 saturated carbocycles. The van der Waals surface area contributed by atoms with E-state index in [2.05, 4.69) is 34.0 Å². The highest BCUT2D eigenvalue weighted by atomic mass is 16.1. The summed E-state index contributed by atoms with van der Waals surface area (Å²) in [4.78, 5) is 20.1. The number of anilines is 1. The number of amides is 1. The summed E-state index contributed by atoms with van der Waals surface area (Å²) in [5.41, 5.74) is 5.36. The lowest BCUT2D eigenvalue weighted by Gasteiger charge is -2.32. The first kappa shape index (κ1) is 18.7. The first-order valence-corrected chi connectivity index (χ1v) is 10.0. The molecule has 1 aromatic heterocycles. The SMILES string of the molecule is Cc1cccc(C)c1NC(=O)[C@@H]1CCCN(Cc2nc3ccccc3n2C)C1. The van der Waals surface area contributed by atoms with Gasteiger partial charge in [-0.1, -0.05) is 30.3 Å². The lowest BCUT2D eigenvalue weighted by molar-refractivity contribution is -0.121. The van der Waals surface area contributed by atoms with Gasteiger partial charge in [0.15, 0.2) is 0 Å². The van der Waals surface area contributed by atoms with Crippen LogP contribution in [-0.4, -0.2) is 33.4 Å². The second-order valence-electron chi connectivity index (χ2n) is 7.91. The third-order valence-electron chi connectivity index (χ3n) is 5.85. The molecule has 5 nitrogen and oxygen atoms in total. The number of rotatable bonds is 4. The van der Waals surface area contributed by atoms with Crippen molar-refractivity contribution < 1.29 is 4.79 Å². The highest BCUT2D eigenvalue weighted by Gasteiger charge is 2.27. The quantitative estimate of drug-likeness (QED) is 0.748. The number of carbonyl (C=O) groups excluding carboxylic acids is 1. The lowest BCUT2D eigenvalue weighted by atomic mass is 9.96. The van der Waals surface area contributed by atoms with Crippen LogP contribution in [0.15, 0.2) is 42.5 Å². The van der Waals surface area contributed by atoms with Crippen LogP contribution in [0.1, 0.15) is 29.8 Å². The molecule has 0 radical (unpaired) electrons. The van der Waals surface area contributed by atoms with Crippen LogP contribution in [-0.2, 0) is 18.4 Å². The van der Waals surface area contributed by atoms with Gasteiger partial charge in [-0.25, -0.2) is 4.98 Å². The number of aryl methyl sites for hydroxylation is 3. The minimum atomic E-state index is 0.0161. The van der Waals surface area contributed by atoms with Crippen LogP contribution >= 0.6 is 0 Å². The van der Waals surface area contributed by atoms with E-state index in [0.717, 1.165) is 66.1 Å². The number of benzene rings is 2. The Morgan fingerprint density at radius 1 is 1.14 bits per heavy atom. The Hall–Kier alpha value is -2.66. The number of piperidine rings is 1. The number of para-hydroxylation sites is 3. The van der Waals surface area contributed by atoms with E-state index in [0.29, 0.717) is 0 Å². The molecule has 1 atom stereocenters. The zero-order valence-corrected chi connectivity index (χ0v) is 16.9. The zero-order chi connectivity index (χ0) is 19.7. The molecule has 0 spiro atoms. The third-order valence-corrected chi connectivity index (χ3v) is 5.85. The van der Waals surface area contributed by atoms with E-state index < -0.39 is 0 Å². The molecule has 1 aliphatic heterocycles. The van der Waals surface area contributed by atoms with Gasteiger partial charge >= 0.3 is 0 Å². The Morgan fingerprint density at radius 3 is 2.64 bits per heavy atom. The number of nitrogens with zero attached hydrogens (tertiary/aromatic N) is 3. The van der Waals surface area contributed by atoms with Crippen molar-refractivity contribution in [3.8, 4) is 0 Å². The highest BCUT2D eigenvalue weighted by molar-refractivity contribution is 5.94. The minimum absolute atomic E-state index is 0.0161. The standard InChI is InChI=1S/C23H28N4O/c1-16-8-6-9-17(2)22(16)25-23(28)18-10-7-13-27(14-18)15-21-24-19-11-4-5-12-20(19)26(21)3/h4-6,8-9,11-12,18H,7,10,13-15H2,1-3H3,(H,25,28)/t18-/m1/s1. The number of likely N-dealkylation sites (tertiary alicyclic amines) is 1. The Bertz CT molecular complexity index is 987. The van der Waals surface area contributed by atoms with Gasteiger partial charge in [-0.15, -0.1) is 0 Å². The van der Waals surface area contributed by atoms with Crippen LogP contribution in [0.2, 0.25) is 0 Å². The van der Waals surface area contributed by atoms with E-state index in [4.69, 9.17) is 4.98 Å². The van der Waals surface area contributed by atoms with E-state index in [9.17, 15) is 4.79 Å². The Balaban J connectivity index is 1.45. The number of imidazole rings is 1. The van der Waals surface area contributed by atoms with E-state index >= 15 is 0 Å². The van der Waals surface area contributed by atoms with Crippen molar-refractivity contribution in [1.29, 1.82) is 0 Å². The van der Waals surface area contributed by atoms with Crippen LogP contribution in [0.3, 0.4) is 0 Å². The van der Waals surface area contributed by atoms with Crippen molar-refractivity contribution in [2.24, 2.45) is 13.0 Å². The molecule has 4 rings (SSSR count). The predicted octanol–water partition coefficient (Wildman–Crippen LogP) is 4.04. The number of carbonyl (C=O) groups is 1. The highest BCUT2D eigenvalue weighted by Crippen LogP contribution is 2.24. The molecule has 1 saturated heterocycles. The molecule has 1 aliphatic rings. The molecule has 2 heterocycles. The molecule has 1 N–H and O–H groups in total. The number of aromatic nitrogens is 2. The molecule has 0 bridgehead atoms. The van der Waals surface area contributed by atoms with Crippen molar-refractivity contribution in [3.05, 3.63) is 59.4 Å². The van der Waals surface area contributed by atoms with Crippen molar-refractivity contribution in [1.82, 2.24) is 14.5 Å². The maximum atomic E-state index is 12.9. The van der Waals surface area contributed by atoms with Gasteiger partial charge in [0, 0.05) is 19.3 Å². The molecule has 1 amide bonds. The Labute approximate surface area is 166 Å². The summed E-state index contributed by atoms with van der Waals surface area (Å²) < 4.78 is 2.16. The molecular formula is C23H28N4O. The van der Waals surface area contributed by atoms with E-state index in [-0.39, 0.29) is 11.8 Å². The molecule has 146 valence electrons.